The van der Waals surface area contributed by atoms with Crippen LogP contribution in [0.5, 0.6) is 11.5 Å². The topological polar surface area (TPSA) is 72.1 Å². The molecule has 2 aromatic carbocycles. The van der Waals surface area contributed by atoms with E-state index in [0.717, 1.165) is 57.8 Å². The smallest absolute Gasteiger partial charge is 0.162 e. The van der Waals surface area contributed by atoms with Gasteiger partial charge in [-0.15, -0.1) is 0 Å². The Labute approximate surface area is 162 Å². The lowest BCUT2D eigenvalue weighted by molar-refractivity contribution is 0.201. The standard InChI is InChI=1S/C22H22N4O2/c1-27-18-12-17-16(11-19(18)28-15-9-5-6-10-15)20-21(26-17)22(24-13-23-20)25-14-7-3-2-4-8-14/h2-4,7-8,11-13,15,26H,5-6,9-10H2,1H3,(H,23,24,25). The number of fused-ring (bicyclic) bond motifs is 3. The zero-order valence-corrected chi connectivity index (χ0v) is 15.7. The Bertz CT molecular complexity index is 1120. The molecule has 0 saturated heterocycles. The van der Waals surface area contributed by atoms with Crippen LogP contribution in [0.25, 0.3) is 21.9 Å². The van der Waals surface area contributed by atoms with Crippen LogP contribution >= 0.6 is 0 Å². The van der Waals surface area contributed by atoms with E-state index in [2.05, 4.69) is 20.3 Å². The van der Waals surface area contributed by atoms with Crippen LogP contribution in [-0.4, -0.2) is 28.2 Å². The Kier molecular flexibility index (Phi) is 4.24. The van der Waals surface area contributed by atoms with Gasteiger partial charge in [0, 0.05) is 17.1 Å². The van der Waals surface area contributed by atoms with E-state index < -0.39 is 0 Å². The molecule has 142 valence electrons. The molecule has 6 nitrogen and oxygen atoms in total. The molecule has 0 aliphatic heterocycles. The van der Waals surface area contributed by atoms with Crippen molar-refractivity contribution in [2.45, 2.75) is 31.8 Å². The summed E-state index contributed by atoms with van der Waals surface area (Å²) in [6, 6.07) is 14.0. The lowest BCUT2D eigenvalue weighted by Crippen LogP contribution is -2.11. The minimum atomic E-state index is 0.265. The zero-order valence-electron chi connectivity index (χ0n) is 15.7. The first kappa shape index (κ1) is 16.9. The van der Waals surface area contributed by atoms with E-state index in [1.165, 1.54) is 12.8 Å². The Morgan fingerprint density at radius 1 is 1.04 bits per heavy atom. The Balaban J connectivity index is 1.60. The molecule has 1 saturated carbocycles. The number of anilines is 2. The molecule has 1 aliphatic carbocycles. The van der Waals surface area contributed by atoms with Crippen molar-refractivity contribution < 1.29 is 9.47 Å². The molecule has 0 spiro atoms. The fourth-order valence-corrected chi connectivity index (χ4v) is 3.89. The maximum absolute atomic E-state index is 6.25. The first-order chi connectivity index (χ1) is 13.8. The fraction of sp³-hybridized carbons (Fsp3) is 0.273. The number of para-hydroxylation sites is 1. The highest BCUT2D eigenvalue weighted by molar-refractivity contribution is 6.09. The quantitative estimate of drug-likeness (QED) is 0.503. The van der Waals surface area contributed by atoms with E-state index in [9.17, 15) is 0 Å². The molecule has 0 unspecified atom stereocenters. The molecule has 2 N–H and O–H groups in total. The third kappa shape index (κ3) is 3.01. The molecular weight excluding hydrogens is 352 g/mol. The highest BCUT2D eigenvalue weighted by Gasteiger charge is 2.20. The van der Waals surface area contributed by atoms with Crippen LogP contribution < -0.4 is 14.8 Å². The summed E-state index contributed by atoms with van der Waals surface area (Å²) in [4.78, 5) is 12.4. The first-order valence-corrected chi connectivity index (χ1v) is 9.65. The lowest BCUT2D eigenvalue weighted by Gasteiger charge is -2.16. The van der Waals surface area contributed by atoms with Crippen molar-refractivity contribution >= 4 is 33.4 Å². The van der Waals surface area contributed by atoms with Crippen molar-refractivity contribution in [2.75, 3.05) is 12.4 Å². The summed E-state index contributed by atoms with van der Waals surface area (Å²) in [5.41, 5.74) is 3.65. The molecule has 4 aromatic rings. The van der Waals surface area contributed by atoms with E-state index in [1.54, 1.807) is 13.4 Å². The van der Waals surface area contributed by atoms with Gasteiger partial charge in [0.05, 0.1) is 18.7 Å². The number of aromatic amines is 1. The number of H-pyrrole nitrogens is 1. The van der Waals surface area contributed by atoms with Gasteiger partial charge in [0.1, 0.15) is 17.4 Å². The summed E-state index contributed by atoms with van der Waals surface area (Å²) in [5, 5.41) is 4.37. The maximum atomic E-state index is 6.25. The molecule has 5 rings (SSSR count). The third-order valence-electron chi connectivity index (χ3n) is 5.30. The Hall–Kier alpha value is -3.28. The Morgan fingerprint density at radius 3 is 2.64 bits per heavy atom. The number of hydrogen-bond donors (Lipinski definition) is 2. The number of benzene rings is 2. The van der Waals surface area contributed by atoms with Crippen molar-refractivity contribution in [2.24, 2.45) is 0 Å². The molecule has 2 heterocycles. The van der Waals surface area contributed by atoms with Crippen molar-refractivity contribution in [3.63, 3.8) is 0 Å². The zero-order chi connectivity index (χ0) is 18.9. The molecule has 0 atom stereocenters. The fourth-order valence-electron chi connectivity index (χ4n) is 3.89. The minimum absolute atomic E-state index is 0.265. The third-order valence-corrected chi connectivity index (χ3v) is 5.30. The average molecular weight is 374 g/mol. The van der Waals surface area contributed by atoms with Crippen LogP contribution in [0.2, 0.25) is 0 Å². The first-order valence-electron chi connectivity index (χ1n) is 9.65. The van der Waals surface area contributed by atoms with Gasteiger partial charge in [0.2, 0.25) is 0 Å². The average Bonchev–Trinajstić information content (AvgIpc) is 3.36. The second kappa shape index (κ2) is 7.03. The molecule has 2 aromatic heterocycles. The van der Waals surface area contributed by atoms with Gasteiger partial charge < -0.3 is 19.8 Å². The van der Waals surface area contributed by atoms with Crippen molar-refractivity contribution in [3.05, 3.63) is 48.8 Å². The van der Waals surface area contributed by atoms with Gasteiger partial charge in [-0.1, -0.05) is 18.2 Å². The molecule has 1 fully saturated rings. The summed E-state index contributed by atoms with van der Waals surface area (Å²) >= 11 is 0. The largest absolute Gasteiger partial charge is 0.493 e. The SMILES string of the molecule is COc1cc2[nH]c3c(Nc4ccccc4)ncnc3c2cc1OC1CCCC1. The molecule has 28 heavy (non-hydrogen) atoms. The number of rotatable bonds is 5. The number of nitrogens with one attached hydrogen (secondary N) is 2. The van der Waals surface area contributed by atoms with Gasteiger partial charge in [-0.3, -0.25) is 0 Å². The maximum Gasteiger partial charge on any atom is 0.162 e. The summed E-state index contributed by atoms with van der Waals surface area (Å²) in [6.07, 6.45) is 6.50. The number of aromatic nitrogens is 3. The lowest BCUT2D eigenvalue weighted by atomic mass is 10.2. The van der Waals surface area contributed by atoms with E-state index in [1.807, 2.05) is 42.5 Å². The van der Waals surface area contributed by atoms with E-state index in [0.29, 0.717) is 0 Å². The van der Waals surface area contributed by atoms with Crippen LogP contribution in [0.3, 0.4) is 0 Å². The summed E-state index contributed by atoms with van der Waals surface area (Å²) in [5.74, 6) is 2.25. The van der Waals surface area contributed by atoms with Crippen molar-refractivity contribution in [3.8, 4) is 11.5 Å². The molecular formula is C22H22N4O2. The van der Waals surface area contributed by atoms with Gasteiger partial charge in [-0.2, -0.15) is 0 Å². The monoisotopic (exact) mass is 374 g/mol. The van der Waals surface area contributed by atoms with Crippen molar-refractivity contribution in [1.29, 1.82) is 0 Å². The van der Waals surface area contributed by atoms with Gasteiger partial charge in [-0.25, -0.2) is 9.97 Å². The minimum Gasteiger partial charge on any atom is -0.493 e. The number of nitrogens with zero attached hydrogens (tertiary/aromatic N) is 2. The van der Waals surface area contributed by atoms with Gasteiger partial charge in [-0.05, 0) is 43.9 Å². The van der Waals surface area contributed by atoms with E-state index in [-0.39, 0.29) is 6.10 Å². The second-order valence-corrected chi connectivity index (χ2v) is 7.13. The molecule has 0 amide bonds. The van der Waals surface area contributed by atoms with Gasteiger partial charge in [0.25, 0.3) is 0 Å². The molecule has 6 heteroatoms. The summed E-state index contributed by atoms with van der Waals surface area (Å²) in [7, 11) is 1.67. The predicted octanol–water partition coefficient (Wildman–Crippen LogP) is 5.18. The number of ether oxygens (including phenoxy) is 2. The van der Waals surface area contributed by atoms with E-state index >= 15 is 0 Å². The highest BCUT2D eigenvalue weighted by atomic mass is 16.5. The van der Waals surface area contributed by atoms with Crippen LogP contribution in [0.1, 0.15) is 25.7 Å². The van der Waals surface area contributed by atoms with Gasteiger partial charge in [0.15, 0.2) is 17.3 Å². The normalized spacial score (nSPS) is 14.6. The Morgan fingerprint density at radius 2 is 1.86 bits per heavy atom. The van der Waals surface area contributed by atoms with Crippen LogP contribution in [0, 0.1) is 0 Å². The van der Waals surface area contributed by atoms with Crippen molar-refractivity contribution in [1.82, 2.24) is 15.0 Å². The van der Waals surface area contributed by atoms with Crippen LogP contribution in [-0.2, 0) is 0 Å². The van der Waals surface area contributed by atoms with Crippen LogP contribution in [0.4, 0.5) is 11.5 Å². The summed E-state index contributed by atoms with van der Waals surface area (Å²) < 4.78 is 11.8. The van der Waals surface area contributed by atoms with Gasteiger partial charge >= 0.3 is 0 Å². The predicted molar refractivity (Wildman–Crippen MR) is 111 cm³/mol. The molecule has 1 aliphatic rings. The molecule has 0 bridgehead atoms. The second-order valence-electron chi connectivity index (χ2n) is 7.13. The summed E-state index contributed by atoms with van der Waals surface area (Å²) in [6.45, 7) is 0. The number of hydrogen-bond acceptors (Lipinski definition) is 5. The molecule has 0 radical (unpaired) electrons. The number of methoxy groups -OCH3 is 1. The van der Waals surface area contributed by atoms with E-state index in [4.69, 9.17) is 9.47 Å². The highest BCUT2D eigenvalue weighted by Crippen LogP contribution is 2.38. The van der Waals surface area contributed by atoms with Crippen LogP contribution in [0.15, 0.2) is 48.8 Å².